The third-order valence-corrected chi connectivity index (χ3v) is 2.93. The van der Waals surface area contributed by atoms with Crippen LogP contribution in [0.4, 0.5) is 0 Å². The van der Waals surface area contributed by atoms with Crippen molar-refractivity contribution in [1.29, 1.82) is 0 Å². The van der Waals surface area contributed by atoms with Crippen LogP contribution in [-0.4, -0.2) is 42.6 Å². The number of rotatable bonds is 3. The minimum absolute atomic E-state index is 0.884. The second-order valence-corrected chi connectivity index (χ2v) is 4.06. The van der Waals surface area contributed by atoms with Crippen LogP contribution in [0, 0.1) is 0 Å². The van der Waals surface area contributed by atoms with E-state index in [9.17, 15) is 0 Å². The van der Waals surface area contributed by atoms with E-state index < -0.39 is 0 Å². The van der Waals surface area contributed by atoms with E-state index in [1.54, 1.807) is 5.01 Å². The van der Waals surface area contributed by atoms with Gasteiger partial charge < -0.3 is 4.90 Å². The lowest BCUT2D eigenvalue weighted by Gasteiger charge is -2.31. The van der Waals surface area contributed by atoms with Gasteiger partial charge in [-0.15, -0.1) is 0 Å². The fraction of sp³-hybridized carbons (Fsp3) is 0.500. The van der Waals surface area contributed by atoms with Gasteiger partial charge in [-0.3, -0.25) is 0 Å². The lowest BCUT2D eigenvalue weighted by molar-refractivity contribution is 0.127. The van der Waals surface area contributed by atoms with Gasteiger partial charge in [-0.25, -0.2) is 5.01 Å². The maximum absolute atomic E-state index is 7.46. The Morgan fingerprint density at radius 3 is 2.33 bits per heavy atom. The van der Waals surface area contributed by atoms with Gasteiger partial charge in [0.2, 0.25) is 0 Å². The first-order valence-corrected chi connectivity index (χ1v) is 5.57. The zero-order chi connectivity index (χ0) is 10.5. The monoisotopic (exact) mass is 204 g/mol. The molecule has 0 saturated carbocycles. The minimum Gasteiger partial charge on any atom is -0.300 e. The van der Waals surface area contributed by atoms with Gasteiger partial charge in [-0.05, 0) is 12.0 Å². The molecule has 2 rings (SSSR count). The van der Waals surface area contributed by atoms with E-state index in [2.05, 4.69) is 35.2 Å². The number of hydrogen-bond acceptors (Lipinski definition) is 2. The van der Waals surface area contributed by atoms with Crippen molar-refractivity contribution in [3.8, 4) is 0 Å². The summed E-state index contributed by atoms with van der Waals surface area (Å²) in [4.78, 5) is 2.44. The van der Waals surface area contributed by atoms with Gasteiger partial charge >= 0.3 is 0 Å². The van der Waals surface area contributed by atoms with Gasteiger partial charge in [0.05, 0.1) is 0 Å². The minimum atomic E-state index is 0.884. The van der Waals surface area contributed by atoms with Crippen LogP contribution in [0.3, 0.4) is 0 Å². The molecule has 0 bridgehead atoms. The normalized spacial score (nSPS) is 19.3. The summed E-state index contributed by atoms with van der Waals surface area (Å²) in [6.07, 6.45) is 1.12. The Bertz CT molecular complexity index is 278. The number of piperazine rings is 1. The third-order valence-electron chi connectivity index (χ3n) is 2.93. The summed E-state index contributed by atoms with van der Waals surface area (Å²) in [6, 6.07) is 10.6. The molecule has 0 aromatic heterocycles. The summed E-state index contributed by atoms with van der Waals surface area (Å²) in [6.45, 7) is 4.97. The molecule has 0 atom stereocenters. The zero-order valence-corrected chi connectivity index (χ0v) is 9.02. The van der Waals surface area contributed by atoms with Gasteiger partial charge in [0.15, 0.2) is 0 Å². The SMILES string of the molecule is [NH]N1CCN(CCc2ccccc2)CC1. The zero-order valence-electron chi connectivity index (χ0n) is 9.02. The van der Waals surface area contributed by atoms with Crippen LogP contribution in [0.15, 0.2) is 30.3 Å². The average Bonchev–Trinajstić information content (AvgIpc) is 2.30. The average molecular weight is 204 g/mol. The standard InChI is InChI=1S/C12H18N3/c13-15-10-8-14(9-11-15)7-6-12-4-2-1-3-5-12/h1-5,13H,6-11H2. The van der Waals surface area contributed by atoms with Crippen molar-refractivity contribution in [2.75, 3.05) is 32.7 Å². The highest BCUT2D eigenvalue weighted by Gasteiger charge is 2.13. The van der Waals surface area contributed by atoms with Crippen molar-refractivity contribution in [3.63, 3.8) is 0 Å². The number of benzene rings is 1. The Morgan fingerprint density at radius 2 is 1.67 bits per heavy atom. The molecule has 3 heteroatoms. The van der Waals surface area contributed by atoms with E-state index >= 15 is 0 Å². The van der Waals surface area contributed by atoms with E-state index in [1.807, 2.05) is 0 Å². The van der Waals surface area contributed by atoms with Crippen LogP contribution in [0.2, 0.25) is 0 Å². The number of hydrogen-bond donors (Lipinski definition) is 0. The molecule has 1 radical (unpaired) electrons. The first kappa shape index (κ1) is 10.6. The van der Waals surface area contributed by atoms with Crippen molar-refractivity contribution < 1.29 is 0 Å². The quantitative estimate of drug-likeness (QED) is 0.736. The summed E-state index contributed by atoms with van der Waals surface area (Å²) < 4.78 is 0. The summed E-state index contributed by atoms with van der Waals surface area (Å²) in [5.74, 6) is 7.46. The molecule has 1 N–H and O–H groups in total. The second-order valence-electron chi connectivity index (χ2n) is 4.06. The largest absolute Gasteiger partial charge is 0.300 e. The predicted molar refractivity (Wildman–Crippen MR) is 61.3 cm³/mol. The first-order valence-electron chi connectivity index (χ1n) is 5.57. The van der Waals surface area contributed by atoms with E-state index in [0.717, 1.165) is 39.1 Å². The van der Waals surface area contributed by atoms with Gasteiger partial charge in [0.1, 0.15) is 0 Å². The molecule has 0 aliphatic carbocycles. The van der Waals surface area contributed by atoms with Crippen molar-refractivity contribution in [2.24, 2.45) is 0 Å². The Morgan fingerprint density at radius 1 is 1.00 bits per heavy atom. The molecule has 0 unspecified atom stereocenters. The van der Waals surface area contributed by atoms with Crippen LogP contribution < -0.4 is 5.84 Å². The summed E-state index contributed by atoms with van der Waals surface area (Å²) >= 11 is 0. The van der Waals surface area contributed by atoms with E-state index in [0.29, 0.717) is 0 Å². The molecule has 1 aromatic carbocycles. The fourth-order valence-corrected chi connectivity index (χ4v) is 1.90. The van der Waals surface area contributed by atoms with E-state index in [4.69, 9.17) is 5.84 Å². The molecule has 1 fully saturated rings. The number of nitrogens with zero attached hydrogens (tertiary/aromatic N) is 2. The molecule has 1 aliphatic heterocycles. The van der Waals surface area contributed by atoms with Crippen molar-refractivity contribution in [1.82, 2.24) is 15.8 Å². The molecule has 1 heterocycles. The second kappa shape index (κ2) is 5.26. The van der Waals surface area contributed by atoms with Gasteiger partial charge in [-0.2, -0.15) is 5.84 Å². The molecule has 1 aliphatic rings. The van der Waals surface area contributed by atoms with Gasteiger partial charge in [0.25, 0.3) is 0 Å². The Labute approximate surface area is 91.4 Å². The smallest absolute Gasteiger partial charge is 0.0273 e. The molecule has 3 nitrogen and oxygen atoms in total. The maximum Gasteiger partial charge on any atom is 0.0273 e. The molecule has 0 spiro atoms. The Kier molecular flexibility index (Phi) is 3.72. The molecule has 1 saturated heterocycles. The summed E-state index contributed by atoms with van der Waals surface area (Å²) in [5, 5.41) is 1.65. The van der Waals surface area contributed by atoms with Gasteiger partial charge in [0, 0.05) is 32.7 Å². The number of nitrogens with one attached hydrogen (secondary N) is 1. The van der Waals surface area contributed by atoms with E-state index in [-0.39, 0.29) is 0 Å². The fourth-order valence-electron chi connectivity index (χ4n) is 1.90. The van der Waals surface area contributed by atoms with Crippen LogP contribution in [0.5, 0.6) is 0 Å². The predicted octanol–water partition coefficient (Wildman–Crippen LogP) is 1.04. The van der Waals surface area contributed by atoms with Crippen molar-refractivity contribution >= 4 is 0 Å². The highest BCUT2D eigenvalue weighted by Crippen LogP contribution is 2.03. The Balaban J connectivity index is 1.74. The van der Waals surface area contributed by atoms with Crippen LogP contribution in [0.25, 0.3) is 0 Å². The Hall–Kier alpha value is -0.900. The maximum atomic E-state index is 7.46. The topological polar surface area (TPSA) is 30.3 Å². The molecule has 15 heavy (non-hydrogen) atoms. The third kappa shape index (κ3) is 3.30. The highest BCUT2D eigenvalue weighted by atomic mass is 15.4. The van der Waals surface area contributed by atoms with Gasteiger partial charge in [-0.1, -0.05) is 30.3 Å². The molecular weight excluding hydrogens is 186 g/mol. The molecule has 0 amide bonds. The lowest BCUT2D eigenvalue weighted by Crippen LogP contribution is -2.46. The molecule has 1 aromatic rings. The van der Waals surface area contributed by atoms with Crippen LogP contribution in [0.1, 0.15) is 5.56 Å². The summed E-state index contributed by atoms with van der Waals surface area (Å²) in [7, 11) is 0. The molecular formula is C12H18N3. The van der Waals surface area contributed by atoms with Crippen LogP contribution in [-0.2, 0) is 6.42 Å². The first-order chi connectivity index (χ1) is 7.34. The summed E-state index contributed by atoms with van der Waals surface area (Å²) in [5.41, 5.74) is 1.41. The lowest BCUT2D eigenvalue weighted by atomic mass is 10.1. The van der Waals surface area contributed by atoms with Crippen molar-refractivity contribution in [3.05, 3.63) is 35.9 Å². The molecule has 81 valence electrons. The highest BCUT2D eigenvalue weighted by molar-refractivity contribution is 5.14. The van der Waals surface area contributed by atoms with Crippen LogP contribution >= 0.6 is 0 Å². The van der Waals surface area contributed by atoms with E-state index in [1.165, 1.54) is 5.56 Å². The van der Waals surface area contributed by atoms with Crippen molar-refractivity contribution in [2.45, 2.75) is 6.42 Å².